The lowest BCUT2D eigenvalue weighted by molar-refractivity contribution is 0.0810. The first-order chi connectivity index (χ1) is 21.5. The Morgan fingerprint density at radius 3 is 2.30 bits per heavy atom. The number of benzene rings is 3. The summed E-state index contributed by atoms with van der Waals surface area (Å²) in [5.41, 5.74) is 2.44. The Balaban J connectivity index is 1.21. The van der Waals surface area contributed by atoms with Gasteiger partial charge in [-0.2, -0.15) is 0 Å². The first-order valence-corrected chi connectivity index (χ1v) is 15.3. The van der Waals surface area contributed by atoms with E-state index in [0.29, 0.717) is 42.7 Å². The molecule has 1 saturated heterocycles. The molecule has 5 aromatic rings. The predicted molar refractivity (Wildman–Crippen MR) is 171 cm³/mol. The summed E-state index contributed by atoms with van der Waals surface area (Å²) in [6.07, 6.45) is 0.830. The third-order valence-electron chi connectivity index (χ3n) is 7.97. The largest absolute Gasteiger partial charge is 0.497 e. The molecule has 2 amide bonds. The Labute approximate surface area is 258 Å². The van der Waals surface area contributed by atoms with Crippen molar-refractivity contribution in [3.63, 3.8) is 0 Å². The molecule has 0 saturated carbocycles. The summed E-state index contributed by atoms with van der Waals surface area (Å²) in [5.74, 6) is 0.729. The fraction of sp³-hybridized carbons (Fsp3) is 0.265. The number of para-hydroxylation sites is 1. The van der Waals surface area contributed by atoms with Crippen LogP contribution in [0.2, 0.25) is 0 Å². The van der Waals surface area contributed by atoms with E-state index >= 15 is 0 Å². The second-order valence-electron chi connectivity index (χ2n) is 10.7. The number of hydrogen-bond acceptors (Lipinski definition) is 7. The smallest absolute Gasteiger partial charge is 0.410 e. The van der Waals surface area contributed by atoms with Crippen LogP contribution in [-0.2, 0) is 17.9 Å². The minimum absolute atomic E-state index is 0.126. The molecule has 0 aliphatic carbocycles. The molecule has 1 aliphatic rings. The fourth-order valence-electron chi connectivity index (χ4n) is 5.63. The van der Waals surface area contributed by atoms with Crippen LogP contribution in [0.3, 0.4) is 0 Å². The number of carbonyl (C=O) groups excluding carboxylic acids is 2. The van der Waals surface area contributed by atoms with Gasteiger partial charge in [0.05, 0.1) is 31.0 Å². The minimum Gasteiger partial charge on any atom is -0.497 e. The summed E-state index contributed by atoms with van der Waals surface area (Å²) in [7, 11) is 3.10. The molecule has 0 radical (unpaired) electrons. The van der Waals surface area contributed by atoms with Gasteiger partial charge < -0.3 is 29.0 Å². The van der Waals surface area contributed by atoms with E-state index in [-0.39, 0.29) is 36.0 Å². The van der Waals surface area contributed by atoms with Gasteiger partial charge in [0.1, 0.15) is 22.6 Å². The first-order valence-electron chi connectivity index (χ1n) is 14.5. The Bertz CT molecular complexity index is 1860. The van der Waals surface area contributed by atoms with Gasteiger partial charge in [0.25, 0.3) is 11.5 Å². The predicted octanol–water partition coefficient (Wildman–Crippen LogP) is 5.81. The first kappa shape index (κ1) is 29.3. The van der Waals surface area contributed by atoms with E-state index in [2.05, 4.69) is 5.32 Å². The second-order valence-corrected chi connectivity index (χ2v) is 11.7. The van der Waals surface area contributed by atoms with Gasteiger partial charge in [-0.3, -0.25) is 9.59 Å². The maximum Gasteiger partial charge on any atom is 0.410 e. The molecule has 3 heterocycles. The van der Waals surface area contributed by atoms with Crippen molar-refractivity contribution in [3.8, 4) is 11.5 Å². The summed E-state index contributed by atoms with van der Waals surface area (Å²) >= 11 is 1.27. The van der Waals surface area contributed by atoms with Crippen LogP contribution in [0.1, 0.15) is 33.6 Å². The average molecular weight is 612 g/mol. The number of rotatable bonds is 8. The van der Waals surface area contributed by atoms with Crippen molar-refractivity contribution in [2.24, 2.45) is 0 Å². The van der Waals surface area contributed by atoms with Gasteiger partial charge in [-0.25, -0.2) is 4.79 Å². The number of aromatic nitrogens is 1. The Kier molecular flexibility index (Phi) is 8.51. The number of piperidine rings is 1. The fourth-order valence-corrected chi connectivity index (χ4v) is 6.83. The van der Waals surface area contributed by atoms with Crippen molar-refractivity contribution >= 4 is 44.3 Å². The van der Waals surface area contributed by atoms with Gasteiger partial charge in [-0.15, -0.1) is 11.3 Å². The molecule has 44 heavy (non-hydrogen) atoms. The number of carbonyl (C=O) groups is 2. The SMILES string of the molecule is COc1ccc(Cn2c(=O)c3c(OC)c(C(=O)NC4CCN(C(=O)OCc5ccccc5)CC4)sc3c3ccccc32)cc1. The minimum atomic E-state index is -0.359. The van der Waals surface area contributed by atoms with E-state index in [1.54, 1.807) is 16.6 Å². The monoisotopic (exact) mass is 611 g/mol. The molecule has 3 aromatic carbocycles. The van der Waals surface area contributed by atoms with E-state index in [9.17, 15) is 14.4 Å². The van der Waals surface area contributed by atoms with Gasteiger partial charge >= 0.3 is 6.09 Å². The van der Waals surface area contributed by atoms with E-state index in [4.69, 9.17) is 14.2 Å². The molecule has 0 spiro atoms. The molecular formula is C34H33N3O6S. The molecule has 0 atom stereocenters. The lowest BCUT2D eigenvalue weighted by Crippen LogP contribution is -2.46. The van der Waals surface area contributed by atoms with Gasteiger partial charge in [-0.05, 0) is 42.2 Å². The van der Waals surface area contributed by atoms with Crippen molar-refractivity contribution in [2.75, 3.05) is 27.3 Å². The van der Waals surface area contributed by atoms with Crippen LogP contribution in [0.15, 0.2) is 83.7 Å². The maximum atomic E-state index is 14.0. The van der Waals surface area contributed by atoms with Crippen LogP contribution in [0.5, 0.6) is 11.5 Å². The lowest BCUT2D eigenvalue weighted by Gasteiger charge is -2.31. The number of nitrogens with one attached hydrogen (secondary N) is 1. The summed E-state index contributed by atoms with van der Waals surface area (Å²) in [6.45, 7) is 1.52. The van der Waals surface area contributed by atoms with Crippen LogP contribution >= 0.6 is 11.3 Å². The molecule has 0 unspecified atom stereocenters. The summed E-state index contributed by atoms with van der Waals surface area (Å²) < 4.78 is 18.9. The zero-order valence-electron chi connectivity index (χ0n) is 24.6. The average Bonchev–Trinajstić information content (AvgIpc) is 3.47. The van der Waals surface area contributed by atoms with E-state index in [1.807, 2.05) is 78.9 Å². The number of amides is 2. The van der Waals surface area contributed by atoms with Crippen LogP contribution in [0.4, 0.5) is 4.79 Å². The number of ether oxygens (including phenoxy) is 3. The van der Waals surface area contributed by atoms with Gasteiger partial charge in [0.15, 0.2) is 5.75 Å². The van der Waals surface area contributed by atoms with Crippen molar-refractivity contribution in [1.82, 2.24) is 14.8 Å². The van der Waals surface area contributed by atoms with Crippen LogP contribution < -0.4 is 20.3 Å². The number of hydrogen-bond donors (Lipinski definition) is 1. The van der Waals surface area contributed by atoms with E-state index in [1.165, 1.54) is 18.4 Å². The second kappa shape index (κ2) is 12.8. The molecule has 1 fully saturated rings. The summed E-state index contributed by atoms with van der Waals surface area (Å²) in [4.78, 5) is 42.2. The Morgan fingerprint density at radius 1 is 0.886 bits per heavy atom. The molecule has 9 nitrogen and oxygen atoms in total. The van der Waals surface area contributed by atoms with E-state index in [0.717, 1.165) is 32.5 Å². The topological polar surface area (TPSA) is 99.1 Å². The summed E-state index contributed by atoms with van der Waals surface area (Å²) in [6, 6.07) is 24.7. The summed E-state index contributed by atoms with van der Waals surface area (Å²) in [5, 5.41) is 4.38. The zero-order valence-corrected chi connectivity index (χ0v) is 25.4. The molecular weight excluding hydrogens is 578 g/mol. The number of thiophene rings is 1. The van der Waals surface area contributed by atoms with Crippen molar-refractivity contribution < 1.29 is 23.8 Å². The van der Waals surface area contributed by atoms with E-state index < -0.39 is 0 Å². The van der Waals surface area contributed by atoms with Crippen LogP contribution in [0, 0.1) is 0 Å². The molecule has 1 N–H and O–H groups in total. The molecule has 0 bridgehead atoms. The molecule has 226 valence electrons. The van der Waals surface area contributed by atoms with Gasteiger partial charge in [0, 0.05) is 24.5 Å². The number of methoxy groups -OCH3 is 2. The normalized spacial score (nSPS) is 13.6. The number of pyridine rings is 1. The van der Waals surface area contributed by atoms with Gasteiger partial charge in [-0.1, -0.05) is 60.7 Å². The highest BCUT2D eigenvalue weighted by Gasteiger charge is 2.29. The Morgan fingerprint density at radius 2 is 1.59 bits per heavy atom. The highest BCUT2D eigenvalue weighted by molar-refractivity contribution is 7.22. The highest BCUT2D eigenvalue weighted by Crippen LogP contribution is 2.39. The number of likely N-dealkylation sites (tertiary alicyclic amines) is 1. The standard InChI is InChI=1S/C34H33N3O6S/c1-41-25-14-12-22(13-15-25)20-37-27-11-7-6-10-26(27)30-28(33(37)39)29(42-2)31(44-30)32(38)35-24-16-18-36(19-17-24)34(40)43-21-23-8-4-3-5-9-23/h3-15,24H,16-21H2,1-2H3,(H,35,38). The van der Waals surface area contributed by atoms with Crippen molar-refractivity contribution in [3.05, 3.63) is 105 Å². The quantitative estimate of drug-likeness (QED) is 0.238. The van der Waals surface area contributed by atoms with Crippen molar-refractivity contribution in [1.29, 1.82) is 0 Å². The molecule has 6 rings (SSSR count). The van der Waals surface area contributed by atoms with Crippen LogP contribution in [0.25, 0.3) is 21.0 Å². The molecule has 10 heteroatoms. The lowest BCUT2D eigenvalue weighted by atomic mass is 10.1. The van der Waals surface area contributed by atoms with Crippen molar-refractivity contribution in [2.45, 2.75) is 32.0 Å². The number of fused-ring (bicyclic) bond motifs is 3. The van der Waals surface area contributed by atoms with Gasteiger partial charge in [0.2, 0.25) is 0 Å². The molecule has 2 aromatic heterocycles. The Hall–Kier alpha value is -4.83. The third kappa shape index (κ3) is 5.85. The number of nitrogens with zero attached hydrogens (tertiary/aromatic N) is 2. The zero-order chi connectivity index (χ0) is 30.6. The van der Waals surface area contributed by atoms with Crippen LogP contribution in [-0.4, -0.2) is 54.8 Å². The highest BCUT2D eigenvalue weighted by atomic mass is 32.1. The molecule has 1 aliphatic heterocycles. The maximum absolute atomic E-state index is 14.0. The third-order valence-corrected chi connectivity index (χ3v) is 9.17.